The van der Waals surface area contributed by atoms with Crippen LogP contribution in [0.25, 0.3) is 0 Å². The van der Waals surface area contributed by atoms with E-state index in [1.165, 1.54) is 31.2 Å². The molecule has 1 saturated heterocycles. The molecule has 5 rings (SSSR count). The van der Waals surface area contributed by atoms with Gasteiger partial charge in [-0.1, -0.05) is 12.1 Å². The quantitative estimate of drug-likeness (QED) is 0.713. The lowest BCUT2D eigenvalue weighted by molar-refractivity contribution is 0.102. The molecule has 1 aromatic carbocycles. The van der Waals surface area contributed by atoms with Gasteiger partial charge in [0, 0.05) is 25.3 Å². The molecule has 3 aliphatic rings. The molecule has 28 heavy (non-hydrogen) atoms. The molecule has 1 aromatic heterocycles. The molecule has 2 aliphatic heterocycles. The van der Waals surface area contributed by atoms with Crippen molar-refractivity contribution < 1.29 is 4.79 Å². The first-order chi connectivity index (χ1) is 13.6. The van der Waals surface area contributed by atoms with Gasteiger partial charge in [0.25, 0.3) is 5.91 Å². The Morgan fingerprint density at radius 3 is 2.86 bits per heavy atom. The van der Waals surface area contributed by atoms with Crippen molar-refractivity contribution in [3.05, 3.63) is 47.5 Å². The molecule has 2 N–H and O–H groups in total. The lowest BCUT2D eigenvalue weighted by Crippen LogP contribution is -2.42. The molecule has 3 heterocycles. The highest BCUT2D eigenvalue weighted by molar-refractivity contribution is 6.08. The van der Waals surface area contributed by atoms with Crippen LogP contribution in [0.4, 0.5) is 17.3 Å². The Kier molecular flexibility index (Phi) is 4.26. The van der Waals surface area contributed by atoms with E-state index in [1.807, 2.05) is 30.3 Å². The third-order valence-corrected chi connectivity index (χ3v) is 6.84. The average molecular weight is 377 g/mol. The Morgan fingerprint density at radius 1 is 1.14 bits per heavy atom. The number of amides is 1. The number of benzene rings is 1. The standard InChI is InChI=1S/C23H28N4O/c1-16-7-8-18-19(14-16)27-13-11-23(9-10-23)17(15-27)4-3-12-24-20-5-2-6-21(25-20)26-22(18)28/h2,5-8,14,17H,3-4,9-13,15H2,1H3,(H2,24,25,26,28). The summed E-state index contributed by atoms with van der Waals surface area (Å²) in [6, 6.07) is 11.9. The molecule has 1 spiro atoms. The van der Waals surface area contributed by atoms with E-state index >= 15 is 0 Å². The molecule has 1 aliphatic carbocycles. The number of carbonyl (C=O) groups excluding carboxylic acids is 1. The molecular weight excluding hydrogens is 348 g/mol. The van der Waals surface area contributed by atoms with Crippen LogP contribution in [0.15, 0.2) is 36.4 Å². The summed E-state index contributed by atoms with van der Waals surface area (Å²) in [4.78, 5) is 20.1. The topological polar surface area (TPSA) is 57.3 Å². The molecule has 1 atom stereocenters. The molecule has 0 radical (unpaired) electrons. The highest BCUT2D eigenvalue weighted by Gasteiger charge is 2.51. The van der Waals surface area contributed by atoms with Gasteiger partial charge in [-0.15, -0.1) is 0 Å². The summed E-state index contributed by atoms with van der Waals surface area (Å²) in [5.74, 6) is 2.04. The van der Waals surface area contributed by atoms with E-state index in [0.29, 0.717) is 17.2 Å². The van der Waals surface area contributed by atoms with Crippen molar-refractivity contribution in [3.63, 3.8) is 0 Å². The molecular formula is C23H28N4O. The highest BCUT2D eigenvalue weighted by Crippen LogP contribution is 2.58. The number of hydrogen-bond acceptors (Lipinski definition) is 4. The van der Waals surface area contributed by atoms with Gasteiger partial charge in [0.15, 0.2) is 0 Å². The maximum atomic E-state index is 13.1. The predicted molar refractivity (Wildman–Crippen MR) is 113 cm³/mol. The van der Waals surface area contributed by atoms with Crippen molar-refractivity contribution in [2.24, 2.45) is 11.3 Å². The maximum absolute atomic E-state index is 13.1. The number of nitrogens with one attached hydrogen (secondary N) is 2. The third-order valence-electron chi connectivity index (χ3n) is 6.84. The van der Waals surface area contributed by atoms with Crippen LogP contribution in [0.3, 0.4) is 0 Å². The van der Waals surface area contributed by atoms with Gasteiger partial charge >= 0.3 is 0 Å². The first-order valence-corrected chi connectivity index (χ1v) is 10.5. The number of rotatable bonds is 0. The Balaban J connectivity index is 1.54. The van der Waals surface area contributed by atoms with Crippen LogP contribution in [-0.4, -0.2) is 30.5 Å². The van der Waals surface area contributed by atoms with Crippen LogP contribution >= 0.6 is 0 Å². The molecule has 1 unspecified atom stereocenters. The molecule has 4 bridgehead atoms. The summed E-state index contributed by atoms with van der Waals surface area (Å²) >= 11 is 0. The van der Waals surface area contributed by atoms with E-state index in [-0.39, 0.29) is 5.91 Å². The lowest BCUT2D eigenvalue weighted by atomic mass is 9.79. The number of carbonyl (C=O) groups is 1. The number of pyridine rings is 1. The first kappa shape index (κ1) is 17.5. The van der Waals surface area contributed by atoms with Crippen LogP contribution in [-0.2, 0) is 0 Å². The summed E-state index contributed by atoms with van der Waals surface area (Å²) in [5.41, 5.74) is 3.58. The first-order valence-electron chi connectivity index (χ1n) is 10.5. The van der Waals surface area contributed by atoms with E-state index in [4.69, 9.17) is 0 Å². The minimum absolute atomic E-state index is 0.0834. The van der Waals surface area contributed by atoms with Crippen molar-refractivity contribution >= 4 is 23.2 Å². The Hall–Kier alpha value is -2.56. The van der Waals surface area contributed by atoms with E-state index in [2.05, 4.69) is 33.5 Å². The van der Waals surface area contributed by atoms with Crippen molar-refractivity contribution in [1.82, 2.24) is 4.98 Å². The maximum Gasteiger partial charge on any atom is 0.258 e. The van der Waals surface area contributed by atoms with Crippen LogP contribution in [0.2, 0.25) is 0 Å². The predicted octanol–water partition coefficient (Wildman–Crippen LogP) is 4.45. The molecule has 2 aromatic rings. The second kappa shape index (κ2) is 6.80. The zero-order valence-electron chi connectivity index (χ0n) is 16.5. The second-order valence-corrected chi connectivity index (χ2v) is 8.71. The molecule has 1 saturated carbocycles. The van der Waals surface area contributed by atoms with Crippen LogP contribution in [0, 0.1) is 18.3 Å². The van der Waals surface area contributed by atoms with Crippen LogP contribution in [0.5, 0.6) is 0 Å². The largest absolute Gasteiger partial charge is 0.371 e. The summed E-state index contributed by atoms with van der Waals surface area (Å²) in [6.45, 7) is 5.14. The fourth-order valence-corrected chi connectivity index (χ4v) is 4.99. The SMILES string of the molecule is Cc1ccc2c(c1)N1CCC3(CC3)C(CCCNc3cccc(n3)NC2=O)C1. The van der Waals surface area contributed by atoms with Gasteiger partial charge < -0.3 is 15.5 Å². The normalized spacial score (nSPS) is 23.2. The Labute approximate surface area is 166 Å². The minimum atomic E-state index is -0.0834. The summed E-state index contributed by atoms with van der Waals surface area (Å²) in [6.07, 6.45) is 6.39. The third kappa shape index (κ3) is 3.23. The van der Waals surface area contributed by atoms with Crippen molar-refractivity contribution in [2.75, 3.05) is 35.2 Å². The lowest BCUT2D eigenvalue weighted by Gasteiger charge is -2.41. The second-order valence-electron chi connectivity index (χ2n) is 8.71. The summed E-state index contributed by atoms with van der Waals surface area (Å²) in [7, 11) is 0. The summed E-state index contributed by atoms with van der Waals surface area (Å²) < 4.78 is 0. The van der Waals surface area contributed by atoms with Crippen molar-refractivity contribution in [1.29, 1.82) is 0 Å². The van der Waals surface area contributed by atoms with E-state index in [0.717, 1.165) is 43.1 Å². The van der Waals surface area contributed by atoms with E-state index in [9.17, 15) is 4.79 Å². The molecule has 5 nitrogen and oxygen atoms in total. The van der Waals surface area contributed by atoms with E-state index < -0.39 is 0 Å². The van der Waals surface area contributed by atoms with Gasteiger partial charge in [0.2, 0.25) is 0 Å². The summed E-state index contributed by atoms with van der Waals surface area (Å²) in [5, 5.41) is 6.42. The molecule has 1 amide bonds. The minimum Gasteiger partial charge on any atom is -0.371 e. The van der Waals surface area contributed by atoms with Gasteiger partial charge in [-0.05, 0) is 80.2 Å². The van der Waals surface area contributed by atoms with Gasteiger partial charge in [0.1, 0.15) is 11.6 Å². The molecule has 146 valence electrons. The number of anilines is 3. The van der Waals surface area contributed by atoms with Gasteiger partial charge in [-0.25, -0.2) is 4.98 Å². The van der Waals surface area contributed by atoms with Gasteiger partial charge in [0.05, 0.1) is 5.56 Å². The molecule has 2 fully saturated rings. The smallest absolute Gasteiger partial charge is 0.258 e. The van der Waals surface area contributed by atoms with Crippen molar-refractivity contribution in [3.8, 4) is 0 Å². The van der Waals surface area contributed by atoms with Crippen LogP contribution in [0.1, 0.15) is 48.0 Å². The zero-order valence-corrected chi connectivity index (χ0v) is 16.5. The number of hydrogen-bond donors (Lipinski definition) is 2. The number of piperidine rings is 1. The fraction of sp³-hybridized carbons (Fsp3) is 0.478. The van der Waals surface area contributed by atoms with Gasteiger partial charge in [-0.2, -0.15) is 0 Å². The Bertz CT molecular complexity index is 905. The van der Waals surface area contributed by atoms with Crippen molar-refractivity contribution in [2.45, 2.75) is 39.0 Å². The molecule has 5 heteroatoms. The van der Waals surface area contributed by atoms with Crippen LogP contribution < -0.4 is 15.5 Å². The van der Waals surface area contributed by atoms with Gasteiger partial charge in [-0.3, -0.25) is 4.79 Å². The monoisotopic (exact) mass is 376 g/mol. The average Bonchev–Trinajstić information content (AvgIpc) is 3.46. The number of fused-ring (bicyclic) bond motifs is 7. The number of nitrogens with zero attached hydrogens (tertiary/aromatic N) is 2. The zero-order chi connectivity index (χ0) is 19.1. The number of aryl methyl sites for hydroxylation is 1. The fourth-order valence-electron chi connectivity index (χ4n) is 4.99. The highest BCUT2D eigenvalue weighted by atomic mass is 16.1. The van der Waals surface area contributed by atoms with E-state index in [1.54, 1.807) is 0 Å². The Morgan fingerprint density at radius 2 is 2.00 bits per heavy atom. The number of aromatic nitrogens is 1.